The molecular weight excluding hydrogens is 316 g/mol. The average molecular weight is 340 g/mol. The molecule has 0 aliphatic heterocycles. The Kier molecular flexibility index (Phi) is 6.10. The summed E-state index contributed by atoms with van der Waals surface area (Å²) in [7, 11) is 0. The van der Waals surface area contributed by atoms with Crippen molar-refractivity contribution in [1.82, 2.24) is 5.32 Å². The number of para-hydroxylation sites is 1. The van der Waals surface area contributed by atoms with Gasteiger partial charge in [-0.05, 0) is 62.2 Å². The maximum Gasteiger partial charge on any atom is 0.257 e. The number of nitrogens with one attached hydrogen (secondary N) is 2. The Morgan fingerprint density at radius 2 is 1.75 bits per heavy atom. The fourth-order valence-corrected chi connectivity index (χ4v) is 2.90. The fourth-order valence-electron chi connectivity index (χ4n) is 2.70. The van der Waals surface area contributed by atoms with Crippen LogP contribution in [0.1, 0.15) is 53.2 Å². The maximum atomic E-state index is 12.4. The molecule has 4 heteroatoms. The SMILES string of the molecule is CC[C@H](C)c1ccccc1NC(=S)NC(=O)c1cc(C)cc(C)c1. The van der Waals surface area contributed by atoms with Gasteiger partial charge in [0.15, 0.2) is 5.11 Å². The summed E-state index contributed by atoms with van der Waals surface area (Å²) < 4.78 is 0. The zero-order valence-corrected chi connectivity index (χ0v) is 15.5. The molecule has 2 aromatic carbocycles. The van der Waals surface area contributed by atoms with Crippen LogP contribution in [0.3, 0.4) is 0 Å². The molecule has 0 unspecified atom stereocenters. The molecule has 0 spiro atoms. The number of carbonyl (C=O) groups excluding carboxylic acids is 1. The van der Waals surface area contributed by atoms with E-state index in [1.165, 1.54) is 5.56 Å². The summed E-state index contributed by atoms with van der Waals surface area (Å²) in [5.74, 6) is 0.229. The molecular formula is C20H24N2OS. The summed E-state index contributed by atoms with van der Waals surface area (Å²) >= 11 is 5.32. The van der Waals surface area contributed by atoms with E-state index in [9.17, 15) is 4.79 Å². The first-order chi connectivity index (χ1) is 11.4. The molecule has 3 nitrogen and oxygen atoms in total. The number of benzene rings is 2. The second kappa shape index (κ2) is 8.06. The number of thiocarbonyl (C=S) groups is 1. The molecule has 0 fully saturated rings. The first kappa shape index (κ1) is 18.1. The van der Waals surface area contributed by atoms with Gasteiger partial charge in [0.2, 0.25) is 0 Å². The highest BCUT2D eigenvalue weighted by Crippen LogP contribution is 2.26. The van der Waals surface area contributed by atoms with Crippen LogP contribution in [-0.4, -0.2) is 11.0 Å². The van der Waals surface area contributed by atoms with Crippen LogP contribution >= 0.6 is 12.2 Å². The van der Waals surface area contributed by atoms with Gasteiger partial charge in [-0.2, -0.15) is 0 Å². The Balaban J connectivity index is 2.10. The predicted octanol–water partition coefficient (Wildman–Crippen LogP) is 4.94. The second-order valence-electron chi connectivity index (χ2n) is 6.18. The number of amides is 1. The molecule has 2 rings (SSSR count). The van der Waals surface area contributed by atoms with Crippen molar-refractivity contribution < 1.29 is 4.79 Å². The first-order valence-corrected chi connectivity index (χ1v) is 8.61. The van der Waals surface area contributed by atoms with Gasteiger partial charge in [0, 0.05) is 11.3 Å². The highest BCUT2D eigenvalue weighted by molar-refractivity contribution is 7.80. The Morgan fingerprint density at radius 1 is 1.12 bits per heavy atom. The molecule has 0 aliphatic rings. The van der Waals surface area contributed by atoms with Crippen molar-refractivity contribution in [2.45, 2.75) is 40.0 Å². The number of carbonyl (C=O) groups is 1. The van der Waals surface area contributed by atoms with Crippen LogP contribution < -0.4 is 10.6 Å². The van der Waals surface area contributed by atoms with Gasteiger partial charge in [-0.25, -0.2) is 0 Å². The van der Waals surface area contributed by atoms with E-state index in [4.69, 9.17) is 12.2 Å². The van der Waals surface area contributed by atoms with E-state index in [2.05, 4.69) is 30.5 Å². The third-order valence-electron chi connectivity index (χ3n) is 4.06. The van der Waals surface area contributed by atoms with Gasteiger partial charge in [-0.3, -0.25) is 10.1 Å². The number of hydrogen-bond donors (Lipinski definition) is 2. The van der Waals surface area contributed by atoms with Gasteiger partial charge >= 0.3 is 0 Å². The van der Waals surface area contributed by atoms with Crippen molar-refractivity contribution in [2.75, 3.05) is 5.32 Å². The third kappa shape index (κ3) is 4.65. The zero-order chi connectivity index (χ0) is 17.7. The lowest BCUT2D eigenvalue weighted by Crippen LogP contribution is -2.34. The van der Waals surface area contributed by atoms with Gasteiger partial charge in [0.05, 0.1) is 0 Å². The lowest BCUT2D eigenvalue weighted by molar-refractivity contribution is 0.0977. The monoisotopic (exact) mass is 340 g/mol. The molecule has 0 heterocycles. The van der Waals surface area contributed by atoms with E-state index in [-0.39, 0.29) is 5.91 Å². The Hall–Kier alpha value is -2.20. The summed E-state index contributed by atoms with van der Waals surface area (Å²) in [6.07, 6.45) is 1.04. The van der Waals surface area contributed by atoms with Gasteiger partial charge in [-0.1, -0.05) is 49.2 Å². The van der Waals surface area contributed by atoms with Crippen LogP contribution in [0.2, 0.25) is 0 Å². The highest BCUT2D eigenvalue weighted by Gasteiger charge is 2.12. The molecule has 0 aromatic heterocycles. The third-order valence-corrected chi connectivity index (χ3v) is 4.27. The van der Waals surface area contributed by atoms with Crippen LogP contribution in [0.5, 0.6) is 0 Å². The molecule has 24 heavy (non-hydrogen) atoms. The van der Waals surface area contributed by atoms with E-state index < -0.39 is 0 Å². The number of aryl methyl sites for hydroxylation is 2. The second-order valence-corrected chi connectivity index (χ2v) is 6.59. The normalized spacial score (nSPS) is 11.7. The van der Waals surface area contributed by atoms with E-state index in [0.29, 0.717) is 16.6 Å². The Bertz CT molecular complexity index is 735. The highest BCUT2D eigenvalue weighted by atomic mass is 32.1. The average Bonchev–Trinajstić information content (AvgIpc) is 2.53. The topological polar surface area (TPSA) is 41.1 Å². The van der Waals surface area contributed by atoms with E-state index in [0.717, 1.165) is 23.2 Å². The minimum Gasteiger partial charge on any atom is -0.332 e. The lowest BCUT2D eigenvalue weighted by atomic mass is 9.97. The first-order valence-electron chi connectivity index (χ1n) is 8.20. The fraction of sp³-hybridized carbons (Fsp3) is 0.300. The van der Waals surface area contributed by atoms with Gasteiger partial charge in [0.25, 0.3) is 5.91 Å². The molecule has 0 radical (unpaired) electrons. The lowest BCUT2D eigenvalue weighted by Gasteiger charge is -2.17. The van der Waals surface area contributed by atoms with E-state index in [1.807, 2.05) is 50.2 Å². The number of rotatable bonds is 4. The van der Waals surface area contributed by atoms with Crippen LogP contribution in [0.4, 0.5) is 5.69 Å². The smallest absolute Gasteiger partial charge is 0.257 e. The van der Waals surface area contributed by atoms with Crippen molar-refractivity contribution in [3.8, 4) is 0 Å². The van der Waals surface area contributed by atoms with Crippen LogP contribution in [0.15, 0.2) is 42.5 Å². The van der Waals surface area contributed by atoms with Crippen molar-refractivity contribution in [2.24, 2.45) is 0 Å². The van der Waals surface area contributed by atoms with Crippen LogP contribution in [-0.2, 0) is 0 Å². The Labute approximate surface area is 149 Å². The summed E-state index contributed by atoms with van der Waals surface area (Å²) in [5, 5.41) is 6.23. The molecule has 2 N–H and O–H groups in total. The standard InChI is InChI=1S/C20H24N2OS/c1-5-15(4)17-8-6-7-9-18(17)21-20(24)22-19(23)16-11-13(2)10-14(3)12-16/h6-12,15H,5H2,1-4H3,(H2,21,22,23,24)/t15-/m0/s1. The van der Waals surface area contributed by atoms with E-state index >= 15 is 0 Å². The van der Waals surface area contributed by atoms with Crippen molar-refractivity contribution >= 4 is 28.9 Å². The van der Waals surface area contributed by atoms with E-state index in [1.54, 1.807) is 0 Å². The molecule has 0 saturated heterocycles. The number of hydrogen-bond acceptors (Lipinski definition) is 2. The largest absolute Gasteiger partial charge is 0.332 e. The zero-order valence-electron chi connectivity index (χ0n) is 14.6. The van der Waals surface area contributed by atoms with Crippen molar-refractivity contribution in [3.63, 3.8) is 0 Å². The summed E-state index contributed by atoms with van der Waals surface area (Å²) in [5.41, 5.74) is 4.87. The van der Waals surface area contributed by atoms with Gasteiger partial charge in [0.1, 0.15) is 0 Å². The maximum absolute atomic E-state index is 12.4. The van der Waals surface area contributed by atoms with Crippen molar-refractivity contribution in [3.05, 3.63) is 64.7 Å². The number of anilines is 1. The molecule has 1 atom stereocenters. The quantitative estimate of drug-likeness (QED) is 0.774. The molecule has 0 bridgehead atoms. The molecule has 126 valence electrons. The van der Waals surface area contributed by atoms with Crippen LogP contribution in [0, 0.1) is 13.8 Å². The summed E-state index contributed by atoms with van der Waals surface area (Å²) in [6.45, 7) is 8.28. The molecule has 0 saturated carbocycles. The Morgan fingerprint density at radius 3 is 2.38 bits per heavy atom. The predicted molar refractivity (Wildman–Crippen MR) is 105 cm³/mol. The molecule has 1 amide bonds. The van der Waals surface area contributed by atoms with Gasteiger partial charge < -0.3 is 5.32 Å². The van der Waals surface area contributed by atoms with Crippen molar-refractivity contribution in [1.29, 1.82) is 0 Å². The summed E-state index contributed by atoms with van der Waals surface area (Å²) in [4.78, 5) is 12.4. The molecule has 0 aliphatic carbocycles. The summed E-state index contributed by atoms with van der Waals surface area (Å²) in [6, 6.07) is 13.8. The molecule has 2 aromatic rings. The van der Waals surface area contributed by atoms with Crippen LogP contribution in [0.25, 0.3) is 0 Å². The minimum atomic E-state index is -0.194. The van der Waals surface area contributed by atoms with Gasteiger partial charge in [-0.15, -0.1) is 0 Å². The minimum absolute atomic E-state index is 0.194.